The number of pyridine rings is 2. The first-order valence-corrected chi connectivity index (χ1v) is 7.88. The van der Waals surface area contributed by atoms with Crippen LogP contribution in [0.25, 0.3) is 11.0 Å². The Hall–Kier alpha value is -1.42. The van der Waals surface area contributed by atoms with Crippen molar-refractivity contribution in [3.05, 3.63) is 34.6 Å². The molecule has 0 fully saturated rings. The topological polar surface area (TPSA) is 21.1 Å². The molecule has 2 rings (SSSR count). The highest BCUT2D eigenvalue weighted by Crippen LogP contribution is 2.17. The zero-order valence-electron chi connectivity index (χ0n) is 12.6. The van der Waals surface area contributed by atoms with Gasteiger partial charge in [0.1, 0.15) is 4.64 Å². The number of rotatable bonds is 6. The molecule has 20 heavy (non-hydrogen) atoms. The molecule has 4 heteroatoms. The molecule has 0 N–H and O–H groups in total. The van der Waals surface area contributed by atoms with E-state index in [1.54, 1.807) is 0 Å². The Balaban J connectivity index is 2.70. The summed E-state index contributed by atoms with van der Waals surface area (Å²) in [7, 11) is 0. The Bertz CT molecular complexity index is 627. The molecule has 0 radical (unpaired) electrons. The molecule has 2 heterocycles. The quantitative estimate of drug-likeness (QED) is 0.748. The van der Waals surface area contributed by atoms with E-state index >= 15 is 0 Å². The van der Waals surface area contributed by atoms with Crippen molar-refractivity contribution in [1.82, 2.24) is 9.66 Å². The molecule has 0 aliphatic rings. The standard InChI is InChI=1S/C16H23N3S/c1-4-10-18(11-5-2)19-15-14(8-7-9-17-15)12-13(6-3)16(19)20/h7-9,12H,4-6,10-11H2,1-3H3. The van der Waals surface area contributed by atoms with Gasteiger partial charge >= 0.3 is 0 Å². The van der Waals surface area contributed by atoms with Gasteiger partial charge in [-0.15, -0.1) is 0 Å². The molecular weight excluding hydrogens is 266 g/mol. The molecule has 0 atom stereocenters. The monoisotopic (exact) mass is 289 g/mol. The van der Waals surface area contributed by atoms with Gasteiger partial charge in [-0.3, -0.25) is 0 Å². The van der Waals surface area contributed by atoms with Crippen molar-refractivity contribution >= 4 is 23.3 Å². The number of aryl methyl sites for hydroxylation is 1. The van der Waals surface area contributed by atoms with Crippen molar-refractivity contribution < 1.29 is 0 Å². The van der Waals surface area contributed by atoms with Crippen LogP contribution >= 0.6 is 12.2 Å². The van der Waals surface area contributed by atoms with Crippen molar-refractivity contribution in [2.24, 2.45) is 0 Å². The number of nitrogens with zero attached hydrogens (tertiary/aromatic N) is 3. The van der Waals surface area contributed by atoms with Crippen LogP contribution in [-0.4, -0.2) is 22.7 Å². The van der Waals surface area contributed by atoms with E-state index in [1.807, 2.05) is 12.3 Å². The van der Waals surface area contributed by atoms with E-state index in [1.165, 1.54) is 5.56 Å². The number of hydrogen-bond acceptors (Lipinski definition) is 3. The van der Waals surface area contributed by atoms with Crippen LogP contribution in [0.1, 0.15) is 39.2 Å². The summed E-state index contributed by atoms with van der Waals surface area (Å²) in [4.78, 5) is 4.56. The second-order valence-electron chi connectivity index (χ2n) is 5.01. The van der Waals surface area contributed by atoms with Crippen LogP contribution in [0.2, 0.25) is 0 Å². The second kappa shape index (κ2) is 6.84. The SMILES string of the molecule is CCCN(CCC)n1c(=S)c(CC)cc2cccnc21. The summed E-state index contributed by atoms with van der Waals surface area (Å²) in [5.74, 6) is 0. The van der Waals surface area contributed by atoms with Gasteiger partial charge in [0.25, 0.3) is 0 Å². The number of fused-ring (bicyclic) bond motifs is 1. The first kappa shape index (κ1) is 15.0. The number of aromatic nitrogens is 2. The van der Waals surface area contributed by atoms with E-state index < -0.39 is 0 Å². The predicted molar refractivity (Wildman–Crippen MR) is 88.5 cm³/mol. The fourth-order valence-corrected chi connectivity index (χ4v) is 2.93. The van der Waals surface area contributed by atoms with Crippen molar-refractivity contribution in [2.45, 2.75) is 40.0 Å². The van der Waals surface area contributed by atoms with E-state index in [-0.39, 0.29) is 0 Å². The highest BCUT2D eigenvalue weighted by atomic mass is 32.1. The lowest BCUT2D eigenvalue weighted by atomic mass is 10.2. The highest BCUT2D eigenvalue weighted by molar-refractivity contribution is 7.71. The third kappa shape index (κ3) is 2.85. The maximum atomic E-state index is 5.70. The minimum Gasteiger partial charge on any atom is -0.310 e. The zero-order chi connectivity index (χ0) is 14.5. The summed E-state index contributed by atoms with van der Waals surface area (Å²) in [6, 6.07) is 6.28. The van der Waals surface area contributed by atoms with Gasteiger partial charge in [-0.1, -0.05) is 33.0 Å². The highest BCUT2D eigenvalue weighted by Gasteiger charge is 2.11. The molecule has 0 saturated carbocycles. The molecular formula is C16H23N3S. The van der Waals surface area contributed by atoms with Gasteiger partial charge in [0.15, 0.2) is 5.65 Å². The molecule has 2 aromatic heterocycles. The van der Waals surface area contributed by atoms with Crippen LogP contribution in [0, 0.1) is 4.64 Å². The molecule has 108 valence electrons. The summed E-state index contributed by atoms with van der Waals surface area (Å²) >= 11 is 5.70. The zero-order valence-corrected chi connectivity index (χ0v) is 13.4. The minimum absolute atomic E-state index is 0.903. The summed E-state index contributed by atoms with van der Waals surface area (Å²) in [6.07, 6.45) is 5.00. The van der Waals surface area contributed by atoms with Crippen LogP contribution in [0.4, 0.5) is 0 Å². The van der Waals surface area contributed by atoms with E-state index in [4.69, 9.17) is 12.2 Å². The van der Waals surface area contributed by atoms with Gasteiger partial charge in [-0.2, -0.15) is 0 Å². The fourth-order valence-electron chi connectivity index (χ4n) is 2.52. The van der Waals surface area contributed by atoms with Gasteiger partial charge in [0, 0.05) is 24.7 Å². The van der Waals surface area contributed by atoms with E-state index in [0.717, 1.165) is 48.0 Å². The summed E-state index contributed by atoms with van der Waals surface area (Å²) in [5, 5.41) is 3.49. The van der Waals surface area contributed by atoms with E-state index in [0.29, 0.717) is 0 Å². The summed E-state index contributed by atoms with van der Waals surface area (Å²) in [6.45, 7) is 8.56. The van der Waals surface area contributed by atoms with Gasteiger partial charge in [-0.05, 0) is 43.0 Å². The molecule has 0 saturated heterocycles. The Morgan fingerprint density at radius 3 is 2.50 bits per heavy atom. The predicted octanol–water partition coefficient (Wildman–Crippen LogP) is 4.09. The van der Waals surface area contributed by atoms with Gasteiger partial charge in [0.2, 0.25) is 0 Å². The Labute approximate surface area is 126 Å². The first-order valence-electron chi connectivity index (χ1n) is 7.47. The van der Waals surface area contributed by atoms with Crippen LogP contribution in [0.15, 0.2) is 24.4 Å². The molecule has 2 aromatic rings. The molecule has 0 aromatic carbocycles. The Kier molecular flexibility index (Phi) is 5.12. The van der Waals surface area contributed by atoms with Crippen molar-refractivity contribution in [1.29, 1.82) is 0 Å². The normalized spacial score (nSPS) is 10.9. The molecule has 0 aliphatic carbocycles. The molecule has 0 unspecified atom stereocenters. The van der Waals surface area contributed by atoms with Gasteiger partial charge in [0.05, 0.1) is 0 Å². The molecule has 0 aliphatic heterocycles. The van der Waals surface area contributed by atoms with Crippen LogP contribution in [0.5, 0.6) is 0 Å². The van der Waals surface area contributed by atoms with Gasteiger partial charge in [-0.25, -0.2) is 9.66 Å². The molecule has 0 spiro atoms. The second-order valence-corrected chi connectivity index (χ2v) is 5.40. The third-order valence-corrected chi connectivity index (χ3v) is 3.88. The Morgan fingerprint density at radius 2 is 1.90 bits per heavy atom. The minimum atomic E-state index is 0.903. The van der Waals surface area contributed by atoms with Crippen molar-refractivity contribution in [3.63, 3.8) is 0 Å². The molecule has 3 nitrogen and oxygen atoms in total. The van der Waals surface area contributed by atoms with Crippen LogP contribution in [-0.2, 0) is 6.42 Å². The molecule has 0 amide bonds. The van der Waals surface area contributed by atoms with Crippen LogP contribution < -0.4 is 5.01 Å². The average Bonchev–Trinajstić information content (AvgIpc) is 2.46. The molecule has 0 bridgehead atoms. The lowest BCUT2D eigenvalue weighted by molar-refractivity contribution is 0.571. The lowest BCUT2D eigenvalue weighted by Crippen LogP contribution is -2.37. The van der Waals surface area contributed by atoms with Crippen molar-refractivity contribution in [3.8, 4) is 0 Å². The van der Waals surface area contributed by atoms with Crippen LogP contribution in [0.3, 0.4) is 0 Å². The fraction of sp³-hybridized carbons (Fsp3) is 0.500. The number of hydrogen-bond donors (Lipinski definition) is 0. The third-order valence-electron chi connectivity index (χ3n) is 3.44. The van der Waals surface area contributed by atoms with Crippen molar-refractivity contribution in [2.75, 3.05) is 18.1 Å². The summed E-state index contributed by atoms with van der Waals surface area (Å²) in [5.41, 5.74) is 2.19. The summed E-state index contributed by atoms with van der Waals surface area (Å²) < 4.78 is 3.05. The largest absolute Gasteiger partial charge is 0.310 e. The first-order chi connectivity index (χ1) is 9.72. The maximum Gasteiger partial charge on any atom is 0.159 e. The van der Waals surface area contributed by atoms with E-state index in [2.05, 4.69) is 47.6 Å². The van der Waals surface area contributed by atoms with E-state index in [9.17, 15) is 0 Å². The Morgan fingerprint density at radius 1 is 1.20 bits per heavy atom. The maximum absolute atomic E-state index is 5.70. The van der Waals surface area contributed by atoms with Gasteiger partial charge < -0.3 is 5.01 Å². The lowest BCUT2D eigenvalue weighted by Gasteiger charge is -2.28. The smallest absolute Gasteiger partial charge is 0.159 e. The average molecular weight is 289 g/mol.